The fourth-order valence-corrected chi connectivity index (χ4v) is 1.99. The molecule has 1 unspecified atom stereocenters. The molecule has 0 aromatic rings. The minimum Gasteiger partial charge on any atom is -0.392 e. The largest absolute Gasteiger partial charge is 0.392 e. The monoisotopic (exact) mass is 261 g/mol. The van der Waals surface area contributed by atoms with E-state index >= 15 is 0 Å². The molecule has 1 atom stereocenters. The van der Waals surface area contributed by atoms with Gasteiger partial charge in [0.1, 0.15) is 0 Å². The van der Waals surface area contributed by atoms with Crippen molar-refractivity contribution in [3.63, 3.8) is 0 Å². The lowest BCUT2D eigenvalue weighted by Gasteiger charge is -2.12. The summed E-state index contributed by atoms with van der Waals surface area (Å²) in [6, 6.07) is 0. The Morgan fingerprint density at radius 3 is 1.89 bits per heavy atom. The van der Waals surface area contributed by atoms with Crippen molar-refractivity contribution >= 4 is 0 Å². The molecule has 0 aliphatic carbocycles. The Morgan fingerprint density at radius 2 is 1.33 bits per heavy atom. The summed E-state index contributed by atoms with van der Waals surface area (Å²) >= 11 is 0. The van der Waals surface area contributed by atoms with E-state index < -0.39 is 6.29 Å². The van der Waals surface area contributed by atoms with Crippen LogP contribution in [0.5, 0.6) is 0 Å². The lowest BCUT2D eigenvalue weighted by molar-refractivity contribution is -0.0385. The molecule has 0 aliphatic rings. The molecular weight excluding hydrogens is 230 g/mol. The van der Waals surface area contributed by atoms with Crippen molar-refractivity contribution in [3.05, 3.63) is 0 Å². The summed E-state index contributed by atoms with van der Waals surface area (Å²) in [6.45, 7) is 2.79. The number of hydrogen-bond donors (Lipinski definition) is 4. The lowest BCUT2D eigenvalue weighted by Crippen LogP contribution is -2.33. The highest BCUT2D eigenvalue weighted by atomic mass is 16.5. The molecule has 0 aliphatic heterocycles. The zero-order valence-corrected chi connectivity index (χ0v) is 11.8. The number of rotatable bonds is 13. The summed E-state index contributed by atoms with van der Waals surface area (Å²) in [5, 5.41) is 29.6. The first kappa shape index (κ1) is 17.8. The Labute approximate surface area is 111 Å². The third-order valence-corrected chi connectivity index (χ3v) is 3.10. The fourth-order valence-electron chi connectivity index (χ4n) is 1.99. The third-order valence-electron chi connectivity index (χ3n) is 3.10. The molecule has 18 heavy (non-hydrogen) atoms. The van der Waals surface area contributed by atoms with Crippen LogP contribution in [0.25, 0.3) is 0 Å². The van der Waals surface area contributed by atoms with Crippen molar-refractivity contribution in [1.82, 2.24) is 5.32 Å². The summed E-state index contributed by atoms with van der Waals surface area (Å²) in [7, 11) is 0. The van der Waals surface area contributed by atoms with Gasteiger partial charge < -0.3 is 20.6 Å². The Bertz CT molecular complexity index is 165. The van der Waals surface area contributed by atoms with E-state index in [1.807, 2.05) is 0 Å². The summed E-state index contributed by atoms with van der Waals surface area (Å²) in [6.07, 6.45) is 9.24. The molecule has 0 radical (unpaired) electrons. The van der Waals surface area contributed by atoms with Crippen LogP contribution in [0, 0.1) is 0 Å². The molecule has 4 heteroatoms. The van der Waals surface area contributed by atoms with E-state index in [-0.39, 0.29) is 12.6 Å². The van der Waals surface area contributed by atoms with E-state index in [2.05, 4.69) is 12.2 Å². The molecule has 0 aromatic carbocycles. The van der Waals surface area contributed by atoms with Crippen LogP contribution in [-0.2, 0) is 0 Å². The Balaban J connectivity index is 3.12. The van der Waals surface area contributed by atoms with E-state index in [0.717, 1.165) is 12.8 Å². The van der Waals surface area contributed by atoms with Gasteiger partial charge in [-0.2, -0.15) is 0 Å². The Hall–Kier alpha value is -0.160. The summed E-state index contributed by atoms with van der Waals surface area (Å²) in [5.41, 5.74) is 0. The standard InChI is InChI=1S/C14H31NO3/c1-2-3-4-5-6-7-8-9-10-13(16)11-15-12-14(17)18/h13-18H,2-12H2,1H3. The van der Waals surface area contributed by atoms with Gasteiger partial charge in [-0.25, -0.2) is 0 Å². The molecule has 0 amide bonds. The van der Waals surface area contributed by atoms with Crippen molar-refractivity contribution in [2.75, 3.05) is 13.1 Å². The van der Waals surface area contributed by atoms with Crippen LogP contribution in [0.15, 0.2) is 0 Å². The second-order valence-electron chi connectivity index (χ2n) is 5.06. The van der Waals surface area contributed by atoms with E-state index in [1.54, 1.807) is 0 Å². The zero-order chi connectivity index (χ0) is 13.6. The SMILES string of the molecule is CCCCCCCCCCC(O)CNCC(O)O. The first-order valence-electron chi connectivity index (χ1n) is 7.41. The molecule has 0 saturated carbocycles. The van der Waals surface area contributed by atoms with Crippen molar-refractivity contribution in [2.24, 2.45) is 0 Å². The molecule has 0 bridgehead atoms. The second-order valence-corrected chi connectivity index (χ2v) is 5.06. The van der Waals surface area contributed by atoms with Crippen LogP contribution in [0.1, 0.15) is 64.7 Å². The van der Waals surface area contributed by atoms with Crippen LogP contribution in [-0.4, -0.2) is 40.8 Å². The first-order chi connectivity index (χ1) is 8.66. The first-order valence-corrected chi connectivity index (χ1v) is 7.41. The summed E-state index contributed by atoms with van der Waals surface area (Å²) < 4.78 is 0. The van der Waals surface area contributed by atoms with Crippen molar-refractivity contribution in [3.8, 4) is 0 Å². The number of aliphatic hydroxyl groups is 3. The minimum absolute atomic E-state index is 0.120. The maximum absolute atomic E-state index is 9.61. The van der Waals surface area contributed by atoms with E-state index in [9.17, 15) is 5.11 Å². The van der Waals surface area contributed by atoms with Gasteiger partial charge in [-0.3, -0.25) is 0 Å². The number of unbranched alkanes of at least 4 members (excludes halogenated alkanes) is 7. The molecule has 0 aromatic heterocycles. The second kappa shape index (κ2) is 13.3. The van der Waals surface area contributed by atoms with Gasteiger partial charge in [0.25, 0.3) is 0 Å². The van der Waals surface area contributed by atoms with Gasteiger partial charge in [-0.15, -0.1) is 0 Å². The van der Waals surface area contributed by atoms with Crippen LogP contribution in [0.4, 0.5) is 0 Å². The topological polar surface area (TPSA) is 72.7 Å². The summed E-state index contributed by atoms with van der Waals surface area (Å²) in [5.74, 6) is 0. The average molecular weight is 261 g/mol. The Kier molecular flexibility index (Phi) is 13.2. The highest BCUT2D eigenvalue weighted by molar-refractivity contribution is 4.60. The van der Waals surface area contributed by atoms with E-state index in [0.29, 0.717) is 6.54 Å². The van der Waals surface area contributed by atoms with Gasteiger partial charge in [0, 0.05) is 13.1 Å². The van der Waals surface area contributed by atoms with Crippen molar-refractivity contribution in [1.29, 1.82) is 0 Å². The van der Waals surface area contributed by atoms with Crippen molar-refractivity contribution in [2.45, 2.75) is 77.1 Å². The predicted octanol–water partition coefficient (Wildman–Crippen LogP) is 1.78. The number of hydrogen-bond acceptors (Lipinski definition) is 4. The zero-order valence-electron chi connectivity index (χ0n) is 11.8. The lowest BCUT2D eigenvalue weighted by atomic mass is 10.1. The minimum atomic E-state index is -1.33. The average Bonchev–Trinajstić information content (AvgIpc) is 2.32. The number of aliphatic hydroxyl groups excluding tert-OH is 2. The maximum Gasteiger partial charge on any atom is 0.164 e. The van der Waals surface area contributed by atoms with Gasteiger partial charge in [0.15, 0.2) is 6.29 Å². The third kappa shape index (κ3) is 13.9. The van der Waals surface area contributed by atoms with Crippen molar-refractivity contribution < 1.29 is 15.3 Å². The Morgan fingerprint density at radius 1 is 0.778 bits per heavy atom. The molecule has 4 N–H and O–H groups in total. The molecule has 0 saturated heterocycles. The number of nitrogens with one attached hydrogen (secondary N) is 1. The molecule has 0 rings (SSSR count). The predicted molar refractivity (Wildman–Crippen MR) is 74.3 cm³/mol. The maximum atomic E-state index is 9.61. The fraction of sp³-hybridized carbons (Fsp3) is 1.00. The summed E-state index contributed by atoms with van der Waals surface area (Å²) in [4.78, 5) is 0. The van der Waals surface area contributed by atoms with Crippen LogP contribution in [0.3, 0.4) is 0 Å². The van der Waals surface area contributed by atoms with Crippen LogP contribution >= 0.6 is 0 Å². The molecule has 0 spiro atoms. The van der Waals surface area contributed by atoms with Crippen LogP contribution in [0.2, 0.25) is 0 Å². The molecule has 0 fully saturated rings. The highest BCUT2D eigenvalue weighted by Gasteiger charge is 2.04. The van der Waals surface area contributed by atoms with Gasteiger partial charge in [0.2, 0.25) is 0 Å². The highest BCUT2D eigenvalue weighted by Crippen LogP contribution is 2.10. The van der Waals surface area contributed by atoms with Gasteiger partial charge in [0.05, 0.1) is 6.10 Å². The molecule has 0 heterocycles. The van der Waals surface area contributed by atoms with Crippen LogP contribution < -0.4 is 5.32 Å². The van der Waals surface area contributed by atoms with Gasteiger partial charge >= 0.3 is 0 Å². The molecule has 110 valence electrons. The van der Waals surface area contributed by atoms with E-state index in [1.165, 1.54) is 44.9 Å². The smallest absolute Gasteiger partial charge is 0.164 e. The van der Waals surface area contributed by atoms with E-state index in [4.69, 9.17) is 10.2 Å². The molecule has 4 nitrogen and oxygen atoms in total. The normalized spacial score (nSPS) is 13.2. The van der Waals surface area contributed by atoms with Gasteiger partial charge in [-0.1, -0.05) is 58.3 Å². The molecular formula is C14H31NO3. The van der Waals surface area contributed by atoms with Gasteiger partial charge in [-0.05, 0) is 6.42 Å². The quantitative estimate of drug-likeness (QED) is 0.301.